The molecule has 0 aliphatic heterocycles. The SMILES string of the molecule is O=C(NCCOc1ccc(F)cc1)C1CC1c1ccccc1Cl. The van der Waals surface area contributed by atoms with E-state index in [-0.39, 0.29) is 23.6 Å². The van der Waals surface area contributed by atoms with Gasteiger partial charge in [0.15, 0.2) is 0 Å². The number of nitrogens with one attached hydrogen (secondary N) is 1. The molecule has 0 aromatic heterocycles. The fourth-order valence-electron chi connectivity index (χ4n) is 2.61. The second-order valence-corrected chi connectivity index (χ2v) is 5.97. The number of hydrogen-bond donors (Lipinski definition) is 1. The summed E-state index contributed by atoms with van der Waals surface area (Å²) in [6.45, 7) is 0.767. The lowest BCUT2D eigenvalue weighted by Gasteiger charge is -2.08. The van der Waals surface area contributed by atoms with Crippen LogP contribution in [0, 0.1) is 11.7 Å². The van der Waals surface area contributed by atoms with Crippen molar-refractivity contribution < 1.29 is 13.9 Å². The summed E-state index contributed by atoms with van der Waals surface area (Å²) in [5, 5.41) is 3.58. The number of amides is 1. The number of carbonyl (C=O) groups excluding carboxylic acids is 1. The average Bonchev–Trinajstić information content (AvgIpc) is 3.34. The molecule has 1 fully saturated rings. The van der Waals surface area contributed by atoms with Gasteiger partial charge in [0, 0.05) is 10.9 Å². The van der Waals surface area contributed by atoms with Crippen LogP contribution in [0.15, 0.2) is 48.5 Å². The Morgan fingerprint density at radius 1 is 1.22 bits per heavy atom. The van der Waals surface area contributed by atoms with Crippen LogP contribution in [-0.4, -0.2) is 19.1 Å². The van der Waals surface area contributed by atoms with Gasteiger partial charge in [0.2, 0.25) is 5.91 Å². The highest BCUT2D eigenvalue weighted by molar-refractivity contribution is 6.31. The van der Waals surface area contributed by atoms with Crippen LogP contribution < -0.4 is 10.1 Å². The molecular weight excluding hydrogens is 317 g/mol. The van der Waals surface area contributed by atoms with Crippen LogP contribution in [0.3, 0.4) is 0 Å². The monoisotopic (exact) mass is 333 g/mol. The standard InChI is InChI=1S/C18H17ClFNO2/c19-17-4-2-1-3-14(17)15-11-16(15)18(22)21-9-10-23-13-7-5-12(20)6-8-13/h1-8,15-16H,9-11H2,(H,21,22). The Kier molecular flexibility index (Phi) is 4.82. The van der Waals surface area contributed by atoms with Gasteiger partial charge in [-0.25, -0.2) is 4.39 Å². The van der Waals surface area contributed by atoms with Gasteiger partial charge in [-0.1, -0.05) is 29.8 Å². The van der Waals surface area contributed by atoms with Crippen molar-refractivity contribution in [3.63, 3.8) is 0 Å². The first kappa shape index (κ1) is 15.8. The van der Waals surface area contributed by atoms with E-state index in [4.69, 9.17) is 16.3 Å². The Morgan fingerprint density at radius 2 is 1.96 bits per heavy atom. The first-order chi connectivity index (χ1) is 11.1. The molecule has 2 atom stereocenters. The van der Waals surface area contributed by atoms with E-state index in [2.05, 4.69) is 5.32 Å². The van der Waals surface area contributed by atoms with E-state index < -0.39 is 0 Å². The van der Waals surface area contributed by atoms with Gasteiger partial charge in [0.1, 0.15) is 18.2 Å². The van der Waals surface area contributed by atoms with Gasteiger partial charge >= 0.3 is 0 Å². The van der Waals surface area contributed by atoms with Gasteiger partial charge in [0.05, 0.1) is 6.54 Å². The Bertz CT molecular complexity index is 690. The van der Waals surface area contributed by atoms with E-state index in [9.17, 15) is 9.18 Å². The fraction of sp³-hybridized carbons (Fsp3) is 0.278. The van der Waals surface area contributed by atoms with Crippen molar-refractivity contribution in [2.75, 3.05) is 13.2 Å². The maximum Gasteiger partial charge on any atom is 0.223 e. The Balaban J connectivity index is 1.41. The highest BCUT2D eigenvalue weighted by Gasteiger charge is 2.44. The molecule has 0 bridgehead atoms. The number of halogens is 2. The van der Waals surface area contributed by atoms with E-state index in [1.54, 1.807) is 12.1 Å². The van der Waals surface area contributed by atoms with Gasteiger partial charge in [-0.2, -0.15) is 0 Å². The normalized spacial score (nSPS) is 19.2. The zero-order chi connectivity index (χ0) is 16.2. The average molecular weight is 334 g/mol. The molecule has 2 aromatic rings. The molecule has 120 valence electrons. The van der Waals surface area contributed by atoms with E-state index in [0.717, 1.165) is 12.0 Å². The van der Waals surface area contributed by atoms with Crippen LogP contribution in [0.5, 0.6) is 5.75 Å². The quantitative estimate of drug-likeness (QED) is 0.817. The van der Waals surface area contributed by atoms with Crippen LogP contribution in [0.1, 0.15) is 17.9 Å². The van der Waals surface area contributed by atoms with Gasteiger partial charge in [-0.15, -0.1) is 0 Å². The molecule has 1 N–H and O–H groups in total. The van der Waals surface area contributed by atoms with Gasteiger partial charge in [-0.3, -0.25) is 4.79 Å². The summed E-state index contributed by atoms with van der Waals surface area (Å²) in [6, 6.07) is 13.4. The molecule has 0 radical (unpaired) electrons. The van der Waals surface area contributed by atoms with Crippen LogP contribution in [-0.2, 0) is 4.79 Å². The number of rotatable bonds is 6. The molecule has 3 rings (SSSR count). The Hall–Kier alpha value is -2.07. The molecule has 0 heterocycles. The first-order valence-electron chi connectivity index (χ1n) is 7.55. The highest BCUT2D eigenvalue weighted by Crippen LogP contribution is 2.49. The summed E-state index contributed by atoms with van der Waals surface area (Å²) in [6.07, 6.45) is 0.828. The lowest BCUT2D eigenvalue weighted by molar-refractivity contribution is -0.122. The summed E-state index contributed by atoms with van der Waals surface area (Å²) >= 11 is 6.16. The van der Waals surface area contributed by atoms with E-state index in [1.807, 2.05) is 24.3 Å². The third-order valence-corrected chi connectivity index (χ3v) is 4.26. The van der Waals surface area contributed by atoms with Crippen molar-refractivity contribution in [1.29, 1.82) is 0 Å². The van der Waals surface area contributed by atoms with E-state index in [1.165, 1.54) is 12.1 Å². The number of ether oxygens (including phenoxy) is 1. The second kappa shape index (κ2) is 7.01. The zero-order valence-corrected chi connectivity index (χ0v) is 13.2. The minimum absolute atomic E-state index is 0.0132. The predicted octanol–water partition coefficient (Wildman–Crippen LogP) is 3.78. The van der Waals surface area contributed by atoms with Gasteiger partial charge < -0.3 is 10.1 Å². The third kappa shape index (κ3) is 4.02. The molecule has 0 saturated heterocycles. The lowest BCUT2D eigenvalue weighted by atomic mass is 10.1. The van der Waals surface area contributed by atoms with Crippen LogP contribution in [0.25, 0.3) is 0 Å². The van der Waals surface area contributed by atoms with Crippen molar-refractivity contribution in [2.24, 2.45) is 5.92 Å². The van der Waals surface area contributed by atoms with Crippen LogP contribution in [0.4, 0.5) is 4.39 Å². The highest BCUT2D eigenvalue weighted by atomic mass is 35.5. The lowest BCUT2D eigenvalue weighted by Crippen LogP contribution is -2.29. The van der Waals surface area contributed by atoms with Crippen molar-refractivity contribution >= 4 is 17.5 Å². The molecule has 2 unspecified atom stereocenters. The molecular formula is C18H17ClFNO2. The van der Waals surface area contributed by atoms with Crippen molar-refractivity contribution in [2.45, 2.75) is 12.3 Å². The minimum Gasteiger partial charge on any atom is -0.492 e. The molecule has 1 amide bonds. The zero-order valence-electron chi connectivity index (χ0n) is 12.5. The molecule has 0 spiro atoms. The fourth-order valence-corrected chi connectivity index (χ4v) is 2.89. The summed E-state index contributed by atoms with van der Waals surface area (Å²) in [4.78, 5) is 12.1. The molecule has 23 heavy (non-hydrogen) atoms. The van der Waals surface area contributed by atoms with Gasteiger partial charge in [-0.05, 0) is 48.2 Å². The third-order valence-electron chi connectivity index (χ3n) is 3.92. The molecule has 3 nitrogen and oxygen atoms in total. The maximum atomic E-state index is 12.8. The predicted molar refractivity (Wildman–Crippen MR) is 87.2 cm³/mol. The summed E-state index contributed by atoms with van der Waals surface area (Å²) in [5.74, 6) is 0.506. The van der Waals surface area contributed by atoms with E-state index >= 15 is 0 Å². The first-order valence-corrected chi connectivity index (χ1v) is 7.93. The molecule has 1 aliphatic carbocycles. The Morgan fingerprint density at radius 3 is 2.70 bits per heavy atom. The molecule has 1 saturated carbocycles. The van der Waals surface area contributed by atoms with Crippen LogP contribution in [0.2, 0.25) is 5.02 Å². The second-order valence-electron chi connectivity index (χ2n) is 5.56. The van der Waals surface area contributed by atoms with Crippen molar-refractivity contribution in [3.05, 3.63) is 64.9 Å². The number of benzene rings is 2. The summed E-state index contributed by atoms with van der Waals surface area (Å²) < 4.78 is 18.2. The molecule has 5 heteroatoms. The number of carbonyl (C=O) groups is 1. The van der Waals surface area contributed by atoms with Crippen LogP contribution >= 0.6 is 11.6 Å². The molecule has 2 aromatic carbocycles. The summed E-state index contributed by atoms with van der Waals surface area (Å²) in [5.41, 5.74) is 1.04. The van der Waals surface area contributed by atoms with E-state index in [0.29, 0.717) is 23.9 Å². The van der Waals surface area contributed by atoms with Crippen molar-refractivity contribution in [1.82, 2.24) is 5.32 Å². The smallest absolute Gasteiger partial charge is 0.223 e. The molecule has 1 aliphatic rings. The minimum atomic E-state index is -0.301. The maximum absolute atomic E-state index is 12.8. The Labute approximate surface area is 139 Å². The van der Waals surface area contributed by atoms with Gasteiger partial charge in [0.25, 0.3) is 0 Å². The largest absolute Gasteiger partial charge is 0.492 e. The summed E-state index contributed by atoms with van der Waals surface area (Å²) in [7, 11) is 0. The topological polar surface area (TPSA) is 38.3 Å². The number of hydrogen-bond acceptors (Lipinski definition) is 2. The van der Waals surface area contributed by atoms with Crippen molar-refractivity contribution in [3.8, 4) is 5.75 Å².